The maximum Gasteiger partial charge on any atom is 0.387 e. The smallest absolute Gasteiger partial charge is 0.387 e. The molecule has 1 atom stereocenters. The number of carboxylic acid groups (broad SMARTS) is 1. The van der Waals surface area contributed by atoms with Crippen LogP contribution in [0.25, 0.3) is 0 Å². The van der Waals surface area contributed by atoms with E-state index in [1.165, 1.54) is 6.07 Å². The molecule has 0 heterocycles. The minimum absolute atomic E-state index is 0.0424. The van der Waals surface area contributed by atoms with Crippen molar-refractivity contribution < 1.29 is 28.2 Å². The van der Waals surface area contributed by atoms with E-state index in [4.69, 9.17) is 9.84 Å². The highest BCUT2D eigenvalue weighted by atomic mass is 19.3. The Bertz CT molecular complexity index is 494. The van der Waals surface area contributed by atoms with E-state index >= 15 is 0 Å². The van der Waals surface area contributed by atoms with Crippen LogP contribution >= 0.6 is 0 Å². The zero-order chi connectivity index (χ0) is 16.7. The molecular weight excluding hydrogens is 296 g/mol. The van der Waals surface area contributed by atoms with Crippen LogP contribution in [0.5, 0.6) is 11.5 Å². The maximum atomic E-state index is 12.3. The molecule has 22 heavy (non-hydrogen) atoms. The topological polar surface area (TPSA) is 67.8 Å². The summed E-state index contributed by atoms with van der Waals surface area (Å²) in [5.74, 6) is -0.847. The quantitative estimate of drug-likeness (QED) is 0.733. The van der Waals surface area contributed by atoms with Crippen LogP contribution in [0.1, 0.15) is 26.3 Å². The average Bonchev–Trinajstić information content (AvgIpc) is 2.40. The highest BCUT2D eigenvalue weighted by Gasteiger charge is 2.20. The third-order valence-electron chi connectivity index (χ3n) is 2.98. The van der Waals surface area contributed by atoms with E-state index < -0.39 is 18.6 Å². The maximum absolute atomic E-state index is 12.3. The fourth-order valence-electron chi connectivity index (χ4n) is 1.96. The summed E-state index contributed by atoms with van der Waals surface area (Å²) in [5, 5.41) is 12.0. The molecule has 0 bridgehead atoms. The Morgan fingerprint density at radius 3 is 2.50 bits per heavy atom. The zero-order valence-corrected chi connectivity index (χ0v) is 12.8. The highest BCUT2D eigenvalue weighted by molar-refractivity contribution is 5.73. The minimum atomic E-state index is -2.93. The molecule has 0 amide bonds. The third kappa shape index (κ3) is 5.48. The van der Waals surface area contributed by atoms with Crippen molar-refractivity contribution >= 4 is 5.97 Å². The van der Waals surface area contributed by atoms with Gasteiger partial charge in [-0.2, -0.15) is 8.78 Å². The lowest BCUT2D eigenvalue weighted by Crippen LogP contribution is -2.40. The van der Waals surface area contributed by atoms with Crippen LogP contribution in [0, 0.1) is 5.92 Å². The Kier molecular flexibility index (Phi) is 7.04. The van der Waals surface area contributed by atoms with Crippen molar-refractivity contribution in [2.45, 2.75) is 40.0 Å². The molecule has 1 aromatic rings. The summed E-state index contributed by atoms with van der Waals surface area (Å²) in [6.45, 7) is 3.00. The fourth-order valence-corrected chi connectivity index (χ4v) is 1.96. The minimum Gasteiger partial charge on any atom is -0.490 e. The van der Waals surface area contributed by atoms with E-state index in [-0.39, 0.29) is 24.0 Å². The van der Waals surface area contributed by atoms with Gasteiger partial charge in [0, 0.05) is 6.54 Å². The van der Waals surface area contributed by atoms with E-state index in [0.717, 1.165) is 5.56 Å². The van der Waals surface area contributed by atoms with Gasteiger partial charge in [0.2, 0.25) is 0 Å². The van der Waals surface area contributed by atoms with Crippen LogP contribution in [0.2, 0.25) is 0 Å². The standard InChI is InChI=1S/C15H21F2NO4/c1-4-21-12-7-10(5-6-11(12)22-15(16)17)8-18-13(9(2)3)14(19)20/h5-7,9,13,15,18H,4,8H2,1-3H3,(H,19,20)/t13-/m0/s1. The third-order valence-corrected chi connectivity index (χ3v) is 2.98. The number of halogens is 2. The number of carboxylic acids is 1. The predicted octanol–water partition coefficient (Wildman–Crippen LogP) is 2.89. The van der Waals surface area contributed by atoms with Gasteiger partial charge in [-0.1, -0.05) is 19.9 Å². The van der Waals surface area contributed by atoms with Crippen molar-refractivity contribution in [3.05, 3.63) is 23.8 Å². The van der Waals surface area contributed by atoms with Crippen molar-refractivity contribution in [3.8, 4) is 11.5 Å². The molecule has 0 spiro atoms. The summed E-state index contributed by atoms with van der Waals surface area (Å²) in [5.41, 5.74) is 0.719. The first-order chi connectivity index (χ1) is 10.3. The summed E-state index contributed by atoms with van der Waals surface area (Å²) < 4.78 is 34.3. The second kappa shape index (κ2) is 8.53. The molecule has 0 radical (unpaired) electrons. The first kappa shape index (κ1) is 18.2. The fraction of sp³-hybridized carbons (Fsp3) is 0.533. The van der Waals surface area contributed by atoms with E-state index in [1.807, 2.05) is 0 Å². The average molecular weight is 317 g/mol. The Morgan fingerprint density at radius 2 is 2.00 bits per heavy atom. The Balaban J connectivity index is 2.83. The summed E-state index contributed by atoms with van der Waals surface area (Å²) in [7, 11) is 0. The lowest BCUT2D eigenvalue weighted by Gasteiger charge is -2.18. The lowest BCUT2D eigenvalue weighted by atomic mass is 10.0. The summed E-state index contributed by atoms with van der Waals surface area (Å²) in [6.07, 6.45) is 0. The molecular formula is C15H21F2NO4. The van der Waals surface area contributed by atoms with Gasteiger partial charge in [0.15, 0.2) is 11.5 Å². The molecule has 0 fully saturated rings. The molecule has 0 unspecified atom stereocenters. The number of nitrogens with one attached hydrogen (secondary N) is 1. The number of aliphatic carboxylic acids is 1. The van der Waals surface area contributed by atoms with Gasteiger partial charge in [0.1, 0.15) is 6.04 Å². The number of benzene rings is 1. The van der Waals surface area contributed by atoms with Crippen molar-refractivity contribution in [1.29, 1.82) is 0 Å². The van der Waals surface area contributed by atoms with Crippen LogP contribution in [0.15, 0.2) is 18.2 Å². The van der Waals surface area contributed by atoms with Crippen molar-refractivity contribution in [1.82, 2.24) is 5.32 Å². The molecule has 1 aromatic carbocycles. The van der Waals surface area contributed by atoms with Crippen LogP contribution in [-0.2, 0) is 11.3 Å². The lowest BCUT2D eigenvalue weighted by molar-refractivity contribution is -0.140. The van der Waals surface area contributed by atoms with Crippen LogP contribution < -0.4 is 14.8 Å². The van der Waals surface area contributed by atoms with E-state index in [0.29, 0.717) is 6.61 Å². The van der Waals surface area contributed by atoms with Gasteiger partial charge in [0.25, 0.3) is 0 Å². The van der Waals surface area contributed by atoms with Crippen LogP contribution in [-0.4, -0.2) is 30.3 Å². The van der Waals surface area contributed by atoms with Gasteiger partial charge in [-0.3, -0.25) is 4.79 Å². The number of hydrogen-bond acceptors (Lipinski definition) is 4. The molecule has 0 aliphatic carbocycles. The molecule has 124 valence electrons. The van der Waals surface area contributed by atoms with Gasteiger partial charge < -0.3 is 19.9 Å². The largest absolute Gasteiger partial charge is 0.490 e. The van der Waals surface area contributed by atoms with Crippen LogP contribution in [0.3, 0.4) is 0 Å². The second-order valence-corrected chi connectivity index (χ2v) is 5.03. The normalized spacial score (nSPS) is 12.5. The molecule has 5 nitrogen and oxygen atoms in total. The number of ether oxygens (including phenoxy) is 2. The molecule has 1 rings (SSSR count). The summed E-state index contributed by atoms with van der Waals surface area (Å²) >= 11 is 0. The second-order valence-electron chi connectivity index (χ2n) is 5.03. The molecule has 0 aliphatic heterocycles. The Hall–Kier alpha value is -1.89. The van der Waals surface area contributed by atoms with Crippen LogP contribution in [0.4, 0.5) is 8.78 Å². The monoisotopic (exact) mass is 317 g/mol. The van der Waals surface area contributed by atoms with Crippen molar-refractivity contribution in [2.75, 3.05) is 6.61 Å². The van der Waals surface area contributed by atoms with Gasteiger partial charge in [0.05, 0.1) is 6.61 Å². The molecule has 0 saturated heterocycles. The van der Waals surface area contributed by atoms with Gasteiger partial charge in [-0.15, -0.1) is 0 Å². The van der Waals surface area contributed by atoms with Gasteiger partial charge in [-0.05, 0) is 30.5 Å². The van der Waals surface area contributed by atoms with Gasteiger partial charge in [-0.25, -0.2) is 0 Å². The Labute approximate surface area is 128 Å². The molecule has 0 aromatic heterocycles. The summed E-state index contributed by atoms with van der Waals surface area (Å²) in [4.78, 5) is 11.1. The molecule has 0 saturated carbocycles. The predicted molar refractivity (Wildman–Crippen MR) is 77.3 cm³/mol. The molecule has 2 N–H and O–H groups in total. The highest BCUT2D eigenvalue weighted by Crippen LogP contribution is 2.30. The summed E-state index contributed by atoms with van der Waals surface area (Å²) in [6, 6.07) is 3.85. The van der Waals surface area contributed by atoms with E-state index in [1.54, 1.807) is 32.9 Å². The Morgan fingerprint density at radius 1 is 1.32 bits per heavy atom. The SMILES string of the molecule is CCOc1cc(CN[C@H](C(=O)O)C(C)C)ccc1OC(F)F. The van der Waals surface area contributed by atoms with E-state index in [9.17, 15) is 13.6 Å². The molecule has 0 aliphatic rings. The number of carbonyl (C=O) groups is 1. The van der Waals surface area contributed by atoms with Crippen molar-refractivity contribution in [3.63, 3.8) is 0 Å². The first-order valence-electron chi connectivity index (χ1n) is 7.01. The number of alkyl halides is 2. The number of rotatable bonds is 9. The first-order valence-corrected chi connectivity index (χ1v) is 7.01. The molecule has 7 heteroatoms. The van der Waals surface area contributed by atoms with Gasteiger partial charge >= 0.3 is 12.6 Å². The number of hydrogen-bond donors (Lipinski definition) is 2. The zero-order valence-electron chi connectivity index (χ0n) is 12.8. The van der Waals surface area contributed by atoms with Crippen molar-refractivity contribution in [2.24, 2.45) is 5.92 Å². The van der Waals surface area contributed by atoms with E-state index in [2.05, 4.69) is 10.1 Å².